The van der Waals surface area contributed by atoms with Crippen molar-refractivity contribution in [2.75, 3.05) is 5.32 Å². The van der Waals surface area contributed by atoms with E-state index in [9.17, 15) is 9.18 Å². The molecule has 0 aliphatic rings. The number of amides is 1. The molecule has 2 aromatic carbocycles. The van der Waals surface area contributed by atoms with Crippen LogP contribution in [0.4, 0.5) is 10.2 Å². The summed E-state index contributed by atoms with van der Waals surface area (Å²) < 4.78 is 24.0. The average Bonchev–Trinajstić information content (AvgIpc) is 3.37. The van der Waals surface area contributed by atoms with Crippen molar-refractivity contribution in [2.45, 2.75) is 13.3 Å². The Hall–Kier alpha value is -2.40. The highest BCUT2D eigenvalue weighted by Gasteiger charge is 2.16. The van der Waals surface area contributed by atoms with Gasteiger partial charge in [-0.05, 0) is 52.3 Å². The minimum absolute atomic E-state index is 0.0658. The third kappa shape index (κ3) is 5.75. The molecule has 170 valence electrons. The molecule has 0 fully saturated rings. The van der Waals surface area contributed by atoms with Crippen LogP contribution in [-0.4, -0.2) is 25.5 Å². The van der Waals surface area contributed by atoms with Crippen molar-refractivity contribution in [1.82, 2.24) is 19.6 Å². The van der Waals surface area contributed by atoms with Gasteiger partial charge in [0, 0.05) is 27.5 Å². The van der Waals surface area contributed by atoms with Gasteiger partial charge in [0.15, 0.2) is 18.2 Å². The number of aromatic nitrogens is 4. The molecular formula is C21H14Br2Cl2FN5O2. The Morgan fingerprint density at radius 1 is 1.09 bits per heavy atom. The Morgan fingerprint density at radius 3 is 2.67 bits per heavy atom. The second-order valence-corrected chi connectivity index (χ2v) is 9.35. The number of anilines is 1. The van der Waals surface area contributed by atoms with Crippen molar-refractivity contribution >= 4 is 66.8 Å². The summed E-state index contributed by atoms with van der Waals surface area (Å²) in [5.74, 6) is -0.145. The minimum atomic E-state index is -0.467. The van der Waals surface area contributed by atoms with E-state index >= 15 is 0 Å². The van der Waals surface area contributed by atoms with E-state index < -0.39 is 11.7 Å². The Morgan fingerprint density at radius 2 is 1.91 bits per heavy atom. The molecule has 0 bridgehead atoms. The van der Waals surface area contributed by atoms with Crippen LogP contribution in [0.2, 0.25) is 10.0 Å². The highest BCUT2D eigenvalue weighted by molar-refractivity contribution is 9.10. The normalized spacial score (nSPS) is 10.9. The zero-order chi connectivity index (χ0) is 23.5. The van der Waals surface area contributed by atoms with Gasteiger partial charge in [-0.3, -0.25) is 9.48 Å². The first-order valence-corrected chi connectivity index (χ1v) is 11.7. The van der Waals surface area contributed by atoms with Gasteiger partial charge in [-0.25, -0.2) is 9.07 Å². The maximum atomic E-state index is 14.1. The maximum Gasteiger partial charge on any atom is 0.277 e. The molecule has 2 aromatic heterocycles. The Kier molecular flexibility index (Phi) is 7.38. The highest BCUT2D eigenvalue weighted by atomic mass is 79.9. The monoisotopic (exact) mass is 615 g/mol. The second-order valence-electron chi connectivity index (χ2n) is 6.77. The number of hydrogen-bond donors (Lipinski definition) is 1. The number of nitrogens with one attached hydrogen (secondary N) is 1. The Labute approximate surface area is 214 Å². The lowest BCUT2D eigenvalue weighted by Crippen LogP contribution is -2.15. The van der Waals surface area contributed by atoms with E-state index in [1.54, 1.807) is 42.7 Å². The Bertz CT molecular complexity index is 1310. The van der Waals surface area contributed by atoms with Crippen LogP contribution in [0.1, 0.15) is 16.1 Å². The topological polar surface area (TPSA) is 74.0 Å². The first-order valence-electron chi connectivity index (χ1n) is 9.38. The van der Waals surface area contributed by atoms with Gasteiger partial charge in [0.1, 0.15) is 11.6 Å². The van der Waals surface area contributed by atoms with Crippen LogP contribution in [0.3, 0.4) is 0 Å². The molecule has 0 atom stereocenters. The molecule has 0 aliphatic carbocycles. The quantitative estimate of drug-likeness (QED) is 0.261. The molecule has 0 aliphatic heterocycles. The van der Waals surface area contributed by atoms with Crippen LogP contribution >= 0.6 is 55.1 Å². The van der Waals surface area contributed by atoms with E-state index in [2.05, 4.69) is 47.4 Å². The lowest BCUT2D eigenvalue weighted by Gasteiger charge is -2.08. The number of benzene rings is 2. The lowest BCUT2D eigenvalue weighted by atomic mass is 10.2. The van der Waals surface area contributed by atoms with Crippen LogP contribution in [-0.2, 0) is 13.3 Å². The molecule has 4 aromatic rings. The van der Waals surface area contributed by atoms with Gasteiger partial charge in [0.25, 0.3) is 5.91 Å². The number of rotatable bonds is 7. The standard InChI is InChI=1S/C21H14Br2Cl2FN5O2/c22-12-4-5-19(16(25)8-12)33-11-30-7-6-18(28-30)21(32)27-20-14(23)10-31(29-20)9-13-15(24)2-1-3-17(13)26/h1-8,10H,9,11H2,(H,27,29,32). The SMILES string of the molecule is O=C(Nc1nn(Cc2c(F)cccc2Cl)cc1Br)c1ccn(COc2ccc(Br)cc2Cl)n1. The summed E-state index contributed by atoms with van der Waals surface area (Å²) in [6.45, 7) is 0.168. The van der Waals surface area contributed by atoms with Crippen molar-refractivity contribution in [3.63, 3.8) is 0 Å². The van der Waals surface area contributed by atoms with Crippen molar-refractivity contribution in [2.24, 2.45) is 0 Å². The summed E-state index contributed by atoms with van der Waals surface area (Å²) in [6.07, 6.45) is 3.22. The van der Waals surface area contributed by atoms with Crippen molar-refractivity contribution in [1.29, 1.82) is 0 Å². The minimum Gasteiger partial charge on any atom is -0.470 e. The molecule has 0 radical (unpaired) electrons. The van der Waals surface area contributed by atoms with Crippen LogP contribution in [0.25, 0.3) is 0 Å². The van der Waals surface area contributed by atoms with Crippen molar-refractivity contribution < 1.29 is 13.9 Å². The first kappa shape index (κ1) is 23.7. The van der Waals surface area contributed by atoms with Crippen molar-refractivity contribution in [3.8, 4) is 5.75 Å². The molecule has 4 rings (SSSR count). The van der Waals surface area contributed by atoms with Gasteiger partial charge < -0.3 is 10.1 Å². The number of carbonyl (C=O) groups is 1. The molecule has 0 saturated heterocycles. The number of carbonyl (C=O) groups excluding carboxylic acids is 1. The third-order valence-corrected chi connectivity index (χ3v) is 6.17. The Balaban J connectivity index is 1.40. The van der Waals surface area contributed by atoms with E-state index in [0.717, 1.165) is 4.47 Å². The lowest BCUT2D eigenvalue weighted by molar-refractivity contribution is 0.101. The summed E-state index contributed by atoms with van der Waals surface area (Å²) in [7, 11) is 0. The van der Waals surface area contributed by atoms with E-state index in [0.29, 0.717) is 25.8 Å². The van der Waals surface area contributed by atoms with Gasteiger partial charge in [0.2, 0.25) is 0 Å². The van der Waals surface area contributed by atoms with Gasteiger partial charge in [-0.2, -0.15) is 10.2 Å². The van der Waals surface area contributed by atoms with Gasteiger partial charge in [-0.15, -0.1) is 0 Å². The molecule has 33 heavy (non-hydrogen) atoms. The summed E-state index contributed by atoms with van der Waals surface area (Å²) in [4.78, 5) is 12.6. The maximum absolute atomic E-state index is 14.1. The molecule has 0 spiro atoms. The van der Waals surface area contributed by atoms with Crippen molar-refractivity contribution in [3.05, 3.63) is 90.9 Å². The van der Waals surface area contributed by atoms with E-state index in [-0.39, 0.29) is 24.8 Å². The smallest absolute Gasteiger partial charge is 0.277 e. The van der Waals surface area contributed by atoms with Crippen LogP contribution in [0, 0.1) is 5.82 Å². The summed E-state index contributed by atoms with van der Waals surface area (Å²) in [5.41, 5.74) is 0.468. The highest BCUT2D eigenvalue weighted by Crippen LogP contribution is 2.28. The molecule has 7 nitrogen and oxygen atoms in total. The predicted octanol–water partition coefficient (Wildman–Crippen LogP) is 6.39. The second kappa shape index (κ2) is 10.3. The molecule has 2 heterocycles. The average molecular weight is 618 g/mol. The van der Waals surface area contributed by atoms with Crippen LogP contribution < -0.4 is 10.1 Å². The van der Waals surface area contributed by atoms with E-state index in [4.69, 9.17) is 27.9 Å². The molecule has 0 saturated carbocycles. The molecular weight excluding hydrogens is 604 g/mol. The fourth-order valence-electron chi connectivity index (χ4n) is 2.86. The molecule has 1 N–H and O–H groups in total. The molecule has 1 amide bonds. The number of nitrogens with zero attached hydrogens (tertiary/aromatic N) is 4. The fraction of sp³-hybridized carbons (Fsp3) is 0.0952. The third-order valence-electron chi connectivity index (χ3n) is 4.45. The van der Waals surface area contributed by atoms with E-state index in [1.807, 2.05) is 0 Å². The van der Waals surface area contributed by atoms with Crippen LogP contribution in [0.15, 0.2) is 63.8 Å². The number of ether oxygens (including phenoxy) is 1. The first-order chi connectivity index (χ1) is 15.8. The summed E-state index contributed by atoms with van der Waals surface area (Å²) in [6, 6.07) is 11.3. The number of halogens is 5. The zero-order valence-electron chi connectivity index (χ0n) is 16.6. The summed E-state index contributed by atoms with van der Waals surface area (Å²) in [5, 5.41) is 11.9. The van der Waals surface area contributed by atoms with E-state index in [1.165, 1.54) is 21.5 Å². The van der Waals surface area contributed by atoms with Gasteiger partial charge >= 0.3 is 0 Å². The molecule has 0 unspecified atom stereocenters. The zero-order valence-corrected chi connectivity index (χ0v) is 21.3. The van der Waals surface area contributed by atoms with Gasteiger partial charge in [-0.1, -0.05) is 45.2 Å². The fourth-order valence-corrected chi connectivity index (χ4v) is 4.23. The predicted molar refractivity (Wildman–Crippen MR) is 130 cm³/mol. The number of hydrogen-bond acceptors (Lipinski definition) is 4. The van der Waals surface area contributed by atoms with Crippen LogP contribution in [0.5, 0.6) is 5.75 Å². The van der Waals surface area contributed by atoms with Gasteiger partial charge in [0.05, 0.1) is 16.0 Å². The summed E-state index contributed by atoms with van der Waals surface area (Å²) >= 11 is 18.9. The largest absolute Gasteiger partial charge is 0.470 e. The molecule has 12 heteroatoms.